The third-order valence-corrected chi connectivity index (χ3v) is 3.03. The van der Waals surface area contributed by atoms with Crippen LogP contribution in [0.1, 0.15) is 11.1 Å². The van der Waals surface area contributed by atoms with Crippen molar-refractivity contribution in [3.8, 4) is 11.5 Å². The number of benzene rings is 1. The SMILES string of the molecule is Cc1cc(Cl)c(N)c(C#C[Si](C)(C)C)c1. The van der Waals surface area contributed by atoms with Crippen molar-refractivity contribution in [3.63, 3.8) is 0 Å². The van der Waals surface area contributed by atoms with Crippen LogP contribution in [0, 0.1) is 18.4 Å². The van der Waals surface area contributed by atoms with Crippen molar-refractivity contribution in [2.45, 2.75) is 26.6 Å². The van der Waals surface area contributed by atoms with Crippen molar-refractivity contribution < 1.29 is 0 Å². The molecule has 0 radical (unpaired) electrons. The van der Waals surface area contributed by atoms with E-state index < -0.39 is 8.07 Å². The molecule has 0 bridgehead atoms. The summed E-state index contributed by atoms with van der Waals surface area (Å²) in [5, 5.41) is 0.592. The molecule has 2 N–H and O–H groups in total. The van der Waals surface area contributed by atoms with Crippen LogP contribution in [0.3, 0.4) is 0 Å². The van der Waals surface area contributed by atoms with E-state index in [1.807, 2.05) is 19.1 Å². The van der Waals surface area contributed by atoms with Crippen molar-refractivity contribution in [2.75, 3.05) is 5.73 Å². The first-order chi connectivity index (χ1) is 6.79. The van der Waals surface area contributed by atoms with Gasteiger partial charge in [0, 0.05) is 5.56 Å². The highest BCUT2D eigenvalue weighted by Gasteiger charge is 2.08. The van der Waals surface area contributed by atoms with Crippen LogP contribution in [0.15, 0.2) is 12.1 Å². The number of nitrogen functional groups attached to an aromatic ring is 1. The Bertz CT molecular complexity index is 435. The Kier molecular flexibility index (Phi) is 3.49. The number of aryl methyl sites for hydroxylation is 1. The van der Waals surface area contributed by atoms with Gasteiger partial charge in [-0.1, -0.05) is 37.2 Å². The summed E-state index contributed by atoms with van der Waals surface area (Å²) in [5.41, 5.74) is 11.7. The summed E-state index contributed by atoms with van der Waals surface area (Å²) in [7, 11) is -1.36. The molecular weight excluding hydrogens is 222 g/mol. The van der Waals surface area contributed by atoms with Gasteiger partial charge in [0.25, 0.3) is 0 Å². The predicted octanol–water partition coefficient (Wildman–Crippen LogP) is 3.46. The summed E-state index contributed by atoms with van der Waals surface area (Å²) < 4.78 is 0. The first-order valence-electron chi connectivity index (χ1n) is 4.88. The van der Waals surface area contributed by atoms with Crippen molar-refractivity contribution >= 4 is 25.4 Å². The zero-order chi connectivity index (χ0) is 11.6. The highest BCUT2D eigenvalue weighted by Crippen LogP contribution is 2.24. The number of hydrogen-bond donors (Lipinski definition) is 1. The second-order valence-electron chi connectivity index (χ2n) is 4.71. The van der Waals surface area contributed by atoms with Crippen LogP contribution >= 0.6 is 11.6 Å². The zero-order valence-corrected chi connectivity index (χ0v) is 11.4. The maximum Gasteiger partial charge on any atom is 0.129 e. The van der Waals surface area contributed by atoms with Crippen LogP contribution < -0.4 is 5.73 Å². The van der Waals surface area contributed by atoms with Gasteiger partial charge in [-0.3, -0.25) is 0 Å². The molecule has 1 aromatic rings. The molecule has 0 aliphatic carbocycles. The van der Waals surface area contributed by atoms with Gasteiger partial charge >= 0.3 is 0 Å². The van der Waals surface area contributed by atoms with Gasteiger partial charge in [-0.15, -0.1) is 5.54 Å². The number of anilines is 1. The van der Waals surface area contributed by atoms with Gasteiger partial charge in [-0.2, -0.15) is 0 Å². The number of nitrogens with two attached hydrogens (primary N) is 1. The minimum absolute atomic E-state index is 0.591. The molecule has 3 heteroatoms. The Morgan fingerprint density at radius 3 is 2.40 bits per heavy atom. The van der Waals surface area contributed by atoms with E-state index in [2.05, 4.69) is 31.1 Å². The largest absolute Gasteiger partial charge is 0.397 e. The fourth-order valence-electron chi connectivity index (χ4n) is 1.11. The fraction of sp³-hybridized carbons (Fsp3) is 0.333. The van der Waals surface area contributed by atoms with Crippen LogP contribution in [0.5, 0.6) is 0 Å². The average molecular weight is 238 g/mol. The molecule has 1 aromatic carbocycles. The maximum atomic E-state index is 5.99. The Labute approximate surface area is 97.6 Å². The number of hydrogen-bond acceptors (Lipinski definition) is 1. The standard InChI is InChI=1S/C12H16ClNSi/c1-9-7-10(5-6-15(2,3)4)12(14)11(13)8-9/h7-8H,14H2,1-4H3. The van der Waals surface area contributed by atoms with Crippen molar-refractivity contribution in [1.82, 2.24) is 0 Å². The molecule has 0 saturated heterocycles. The Morgan fingerprint density at radius 2 is 1.87 bits per heavy atom. The summed E-state index contributed by atoms with van der Waals surface area (Å²) in [6, 6.07) is 3.84. The van der Waals surface area contributed by atoms with Crippen LogP contribution in [-0.4, -0.2) is 8.07 Å². The van der Waals surface area contributed by atoms with Crippen molar-refractivity contribution in [3.05, 3.63) is 28.3 Å². The lowest BCUT2D eigenvalue weighted by Crippen LogP contribution is -2.16. The monoisotopic (exact) mass is 237 g/mol. The molecule has 0 spiro atoms. The molecule has 0 aromatic heterocycles. The zero-order valence-electron chi connectivity index (χ0n) is 9.61. The minimum atomic E-state index is -1.36. The van der Waals surface area contributed by atoms with Crippen LogP contribution in [0.2, 0.25) is 24.7 Å². The molecule has 1 nitrogen and oxygen atoms in total. The summed E-state index contributed by atoms with van der Waals surface area (Å²) in [6.45, 7) is 8.60. The van der Waals surface area contributed by atoms with E-state index in [-0.39, 0.29) is 0 Å². The maximum absolute atomic E-state index is 5.99. The van der Waals surface area contributed by atoms with E-state index in [0.717, 1.165) is 11.1 Å². The van der Waals surface area contributed by atoms with Crippen LogP contribution in [-0.2, 0) is 0 Å². The molecule has 80 valence electrons. The summed E-state index contributed by atoms with van der Waals surface area (Å²) in [5.74, 6) is 3.14. The normalized spacial score (nSPS) is 10.7. The van der Waals surface area contributed by atoms with E-state index in [9.17, 15) is 0 Å². The first kappa shape index (κ1) is 12.2. The third kappa shape index (κ3) is 3.62. The summed E-state index contributed by atoms with van der Waals surface area (Å²) in [6.07, 6.45) is 0. The molecular formula is C12H16ClNSi. The molecule has 0 atom stereocenters. The summed E-state index contributed by atoms with van der Waals surface area (Å²) in [4.78, 5) is 0. The minimum Gasteiger partial charge on any atom is -0.397 e. The van der Waals surface area contributed by atoms with Gasteiger partial charge in [0.05, 0.1) is 10.7 Å². The summed E-state index contributed by atoms with van der Waals surface area (Å²) >= 11 is 5.99. The van der Waals surface area contributed by atoms with Gasteiger partial charge < -0.3 is 5.73 Å². The van der Waals surface area contributed by atoms with Crippen LogP contribution in [0.4, 0.5) is 5.69 Å². The van der Waals surface area contributed by atoms with Crippen molar-refractivity contribution in [2.24, 2.45) is 0 Å². The quantitative estimate of drug-likeness (QED) is 0.418. The highest BCUT2D eigenvalue weighted by atomic mass is 35.5. The smallest absolute Gasteiger partial charge is 0.129 e. The van der Waals surface area contributed by atoms with Gasteiger partial charge in [0.1, 0.15) is 8.07 Å². The highest BCUT2D eigenvalue weighted by molar-refractivity contribution is 6.83. The molecule has 0 aliphatic rings. The average Bonchev–Trinajstić information content (AvgIpc) is 2.07. The van der Waals surface area contributed by atoms with E-state index in [1.165, 1.54) is 0 Å². The first-order valence-corrected chi connectivity index (χ1v) is 8.76. The van der Waals surface area contributed by atoms with Gasteiger partial charge in [-0.25, -0.2) is 0 Å². The lowest BCUT2D eigenvalue weighted by molar-refractivity contribution is 1.45. The lowest BCUT2D eigenvalue weighted by Gasteiger charge is -2.06. The molecule has 0 saturated carbocycles. The van der Waals surface area contributed by atoms with Gasteiger partial charge in [0.2, 0.25) is 0 Å². The fourth-order valence-corrected chi connectivity index (χ4v) is 1.90. The molecule has 1 rings (SSSR count). The molecule has 15 heavy (non-hydrogen) atoms. The second-order valence-corrected chi connectivity index (χ2v) is 9.87. The van der Waals surface area contributed by atoms with Gasteiger partial charge in [-0.05, 0) is 24.6 Å². The van der Waals surface area contributed by atoms with Crippen molar-refractivity contribution in [1.29, 1.82) is 0 Å². The second kappa shape index (κ2) is 4.30. The number of halogens is 1. The Hall–Kier alpha value is -0.913. The Morgan fingerprint density at radius 1 is 1.27 bits per heavy atom. The Balaban J connectivity index is 3.20. The molecule has 0 unspecified atom stereocenters. The predicted molar refractivity (Wildman–Crippen MR) is 70.8 cm³/mol. The molecule has 0 aliphatic heterocycles. The molecule has 0 fully saturated rings. The van der Waals surface area contributed by atoms with E-state index in [4.69, 9.17) is 17.3 Å². The van der Waals surface area contributed by atoms with E-state index in [0.29, 0.717) is 10.7 Å². The van der Waals surface area contributed by atoms with Crippen LogP contribution in [0.25, 0.3) is 0 Å². The van der Waals surface area contributed by atoms with E-state index >= 15 is 0 Å². The third-order valence-electron chi connectivity index (χ3n) is 1.85. The van der Waals surface area contributed by atoms with E-state index in [1.54, 1.807) is 0 Å². The van der Waals surface area contributed by atoms with Gasteiger partial charge in [0.15, 0.2) is 0 Å². The topological polar surface area (TPSA) is 26.0 Å². The molecule has 0 amide bonds. The molecule has 0 heterocycles. The number of rotatable bonds is 0. The lowest BCUT2D eigenvalue weighted by atomic mass is 10.1.